The molecule has 0 aliphatic carbocycles. The highest BCUT2D eigenvalue weighted by Crippen LogP contribution is 2.34. The average Bonchev–Trinajstić information content (AvgIpc) is 3.35. The van der Waals surface area contributed by atoms with E-state index in [4.69, 9.17) is 0 Å². The third kappa shape index (κ3) is 3.29. The van der Waals surface area contributed by atoms with Gasteiger partial charge < -0.3 is 14.8 Å². The van der Waals surface area contributed by atoms with Crippen molar-refractivity contribution in [2.24, 2.45) is 7.05 Å². The van der Waals surface area contributed by atoms with Crippen molar-refractivity contribution < 1.29 is 27.6 Å². The van der Waals surface area contributed by atoms with Crippen molar-refractivity contribution in [3.05, 3.63) is 53.1 Å². The molecule has 1 saturated heterocycles. The quantitative estimate of drug-likeness (QED) is 0.736. The topological polar surface area (TPSA) is 96.3 Å². The van der Waals surface area contributed by atoms with E-state index in [0.717, 1.165) is 12.1 Å². The van der Waals surface area contributed by atoms with Crippen LogP contribution >= 0.6 is 0 Å². The van der Waals surface area contributed by atoms with Crippen LogP contribution in [0.4, 0.5) is 18.0 Å². The van der Waals surface area contributed by atoms with E-state index in [9.17, 15) is 27.6 Å². The lowest BCUT2D eigenvalue weighted by atomic mass is 9.92. The van der Waals surface area contributed by atoms with E-state index < -0.39 is 29.2 Å². The number of halogens is 3. The number of alkyl halides is 3. The average molecular weight is 421 g/mol. The predicted octanol–water partition coefficient (Wildman–Crippen LogP) is 1.80. The van der Waals surface area contributed by atoms with Crippen molar-refractivity contribution in [1.29, 1.82) is 0 Å². The van der Waals surface area contributed by atoms with Crippen molar-refractivity contribution in [3.63, 3.8) is 0 Å². The zero-order chi connectivity index (χ0) is 21.7. The molecule has 2 N–H and O–H groups in total. The lowest BCUT2D eigenvalue weighted by Crippen LogP contribution is -2.46. The molecule has 2 aromatic rings. The molecule has 30 heavy (non-hydrogen) atoms. The van der Waals surface area contributed by atoms with Gasteiger partial charge in [0, 0.05) is 39.0 Å². The van der Waals surface area contributed by atoms with Gasteiger partial charge in [-0.3, -0.25) is 14.9 Å². The first-order valence-corrected chi connectivity index (χ1v) is 9.18. The van der Waals surface area contributed by atoms with Crippen LogP contribution in [0.2, 0.25) is 0 Å². The minimum absolute atomic E-state index is 0.0328. The molecule has 1 atom stereocenters. The van der Waals surface area contributed by atoms with Crippen LogP contribution in [0, 0.1) is 0 Å². The van der Waals surface area contributed by atoms with Crippen LogP contribution in [-0.4, -0.2) is 32.3 Å². The summed E-state index contributed by atoms with van der Waals surface area (Å²) >= 11 is 0. The number of carbonyl (C=O) groups is 3. The summed E-state index contributed by atoms with van der Waals surface area (Å²) in [5.74, 6) is -0.644. The summed E-state index contributed by atoms with van der Waals surface area (Å²) in [5, 5.41) is 4.75. The molecule has 0 saturated carbocycles. The number of aromatic nitrogens is 2. The number of carbonyl (C=O) groups excluding carboxylic acids is 3. The van der Waals surface area contributed by atoms with Gasteiger partial charge in [-0.25, -0.2) is 9.78 Å². The van der Waals surface area contributed by atoms with Gasteiger partial charge in [-0.2, -0.15) is 13.2 Å². The van der Waals surface area contributed by atoms with E-state index in [2.05, 4.69) is 15.6 Å². The van der Waals surface area contributed by atoms with Crippen LogP contribution in [0.1, 0.15) is 35.4 Å². The molecule has 0 bridgehead atoms. The monoisotopic (exact) mass is 421 g/mol. The summed E-state index contributed by atoms with van der Waals surface area (Å²) in [6.45, 7) is 0.256. The number of imide groups is 1. The largest absolute Gasteiger partial charge is 0.416 e. The number of nitrogens with one attached hydrogen (secondary N) is 2. The Morgan fingerprint density at radius 2 is 1.97 bits per heavy atom. The molecule has 11 heteroatoms. The van der Waals surface area contributed by atoms with Crippen LogP contribution in [0.15, 0.2) is 30.6 Å². The van der Waals surface area contributed by atoms with Gasteiger partial charge in [-0.15, -0.1) is 0 Å². The molecule has 4 amide bonds. The lowest BCUT2D eigenvalue weighted by molar-refractivity contribution is -0.137. The van der Waals surface area contributed by atoms with Crippen molar-refractivity contribution in [2.45, 2.75) is 37.6 Å². The van der Waals surface area contributed by atoms with Crippen molar-refractivity contribution in [2.75, 3.05) is 0 Å². The number of hydrogen-bond donors (Lipinski definition) is 2. The van der Waals surface area contributed by atoms with Gasteiger partial charge in [0.05, 0.1) is 5.56 Å². The second-order valence-electron chi connectivity index (χ2n) is 7.41. The number of hydrogen-bond acceptors (Lipinski definition) is 4. The van der Waals surface area contributed by atoms with E-state index in [-0.39, 0.29) is 37.7 Å². The molecule has 4 rings (SSSR count). The summed E-state index contributed by atoms with van der Waals surface area (Å²) < 4.78 is 40.4. The zero-order valence-corrected chi connectivity index (χ0v) is 15.9. The Balaban J connectivity index is 1.49. The zero-order valence-electron chi connectivity index (χ0n) is 15.9. The van der Waals surface area contributed by atoms with Crippen molar-refractivity contribution in [1.82, 2.24) is 25.1 Å². The van der Waals surface area contributed by atoms with Crippen LogP contribution in [-0.2, 0) is 41.4 Å². The maximum Gasteiger partial charge on any atom is 0.416 e. The van der Waals surface area contributed by atoms with E-state index in [1.807, 2.05) is 0 Å². The molecule has 1 aromatic carbocycles. The highest BCUT2D eigenvalue weighted by Gasteiger charge is 2.50. The van der Waals surface area contributed by atoms with E-state index in [1.165, 1.54) is 17.2 Å². The second-order valence-corrected chi connectivity index (χ2v) is 7.41. The molecule has 2 aliphatic heterocycles. The smallest absolute Gasteiger partial charge is 0.336 e. The van der Waals surface area contributed by atoms with Gasteiger partial charge in [0.15, 0.2) is 5.54 Å². The van der Waals surface area contributed by atoms with Crippen LogP contribution in [0.5, 0.6) is 0 Å². The Kier molecular flexibility index (Phi) is 4.55. The fraction of sp³-hybridized carbons (Fsp3) is 0.368. The molecule has 2 aliphatic rings. The molecule has 3 heterocycles. The Morgan fingerprint density at radius 3 is 2.57 bits per heavy atom. The molecule has 0 spiro atoms. The maximum atomic E-state index is 12.9. The van der Waals surface area contributed by atoms with Gasteiger partial charge in [-0.1, -0.05) is 6.07 Å². The van der Waals surface area contributed by atoms with Crippen molar-refractivity contribution in [3.8, 4) is 0 Å². The van der Waals surface area contributed by atoms with Gasteiger partial charge in [0.25, 0.3) is 5.91 Å². The normalized spacial score (nSPS) is 20.9. The standard InChI is InChI=1S/C19H18F3N5O3/c1-26-7-6-23-15(26)18(16(29)24-17(30)25-18)5-4-14(28)27-9-11-2-3-13(19(20,21)22)8-12(11)10-27/h2-3,6-8H,4-5,9-10H2,1H3,(H2,24,25,29,30)/t18-/m1/s1. The van der Waals surface area contributed by atoms with E-state index in [1.54, 1.807) is 17.8 Å². The molecule has 8 nitrogen and oxygen atoms in total. The number of imidazole rings is 1. The van der Waals surface area contributed by atoms with Crippen molar-refractivity contribution >= 4 is 17.8 Å². The highest BCUT2D eigenvalue weighted by molar-refractivity contribution is 6.07. The number of nitrogens with zero attached hydrogens (tertiary/aromatic N) is 3. The molecular weight excluding hydrogens is 403 g/mol. The highest BCUT2D eigenvalue weighted by atomic mass is 19.4. The predicted molar refractivity (Wildman–Crippen MR) is 96.5 cm³/mol. The number of benzene rings is 1. The summed E-state index contributed by atoms with van der Waals surface area (Å²) in [6, 6.07) is 2.76. The first-order chi connectivity index (χ1) is 14.1. The fourth-order valence-electron chi connectivity index (χ4n) is 3.91. The molecule has 0 unspecified atom stereocenters. The number of fused-ring (bicyclic) bond motifs is 1. The van der Waals surface area contributed by atoms with Crippen LogP contribution < -0.4 is 10.6 Å². The Morgan fingerprint density at radius 1 is 1.23 bits per heavy atom. The minimum Gasteiger partial charge on any atom is -0.336 e. The molecule has 158 valence electrons. The van der Waals surface area contributed by atoms with Gasteiger partial charge in [0.2, 0.25) is 5.91 Å². The molecule has 0 radical (unpaired) electrons. The third-order valence-electron chi connectivity index (χ3n) is 5.47. The van der Waals surface area contributed by atoms with E-state index in [0.29, 0.717) is 11.1 Å². The first-order valence-electron chi connectivity index (χ1n) is 9.18. The Labute approximate surface area is 169 Å². The Hall–Kier alpha value is -3.37. The molecule has 1 aromatic heterocycles. The van der Waals surface area contributed by atoms with Gasteiger partial charge in [-0.05, 0) is 29.7 Å². The second kappa shape index (κ2) is 6.85. The number of urea groups is 1. The van der Waals surface area contributed by atoms with Crippen LogP contribution in [0.25, 0.3) is 0 Å². The third-order valence-corrected chi connectivity index (χ3v) is 5.47. The van der Waals surface area contributed by atoms with E-state index >= 15 is 0 Å². The number of rotatable bonds is 4. The number of amides is 4. The minimum atomic E-state index is -4.45. The molecular formula is C19H18F3N5O3. The van der Waals surface area contributed by atoms with Gasteiger partial charge in [0.1, 0.15) is 5.82 Å². The summed E-state index contributed by atoms with van der Waals surface area (Å²) in [6.07, 6.45) is -1.48. The summed E-state index contributed by atoms with van der Waals surface area (Å²) in [5.41, 5.74) is -1.14. The first kappa shape index (κ1) is 19.9. The lowest BCUT2D eigenvalue weighted by Gasteiger charge is -2.26. The van der Waals surface area contributed by atoms with Gasteiger partial charge >= 0.3 is 12.2 Å². The Bertz CT molecular complexity index is 1050. The number of aryl methyl sites for hydroxylation is 1. The maximum absolute atomic E-state index is 12.9. The molecule has 1 fully saturated rings. The van der Waals surface area contributed by atoms with Crippen LogP contribution in [0.3, 0.4) is 0 Å². The summed E-state index contributed by atoms with van der Waals surface area (Å²) in [4.78, 5) is 42.6. The fourth-order valence-corrected chi connectivity index (χ4v) is 3.91. The SMILES string of the molecule is Cn1ccnc1[C@@]1(CCC(=O)N2Cc3ccc(C(F)(F)F)cc3C2)NC(=O)NC1=O. The summed E-state index contributed by atoms with van der Waals surface area (Å²) in [7, 11) is 1.67.